The molecule has 0 spiro atoms. The van der Waals surface area contributed by atoms with Crippen molar-refractivity contribution in [3.63, 3.8) is 0 Å². The number of hydrogen-bond donors (Lipinski definition) is 2. The SMILES string of the molecule is CSc1ccc(NC(=O)CSc2nnc(CCc3nc4ccccc4[nH]3)o2)cc1. The minimum atomic E-state index is -0.117. The molecule has 0 aliphatic rings. The summed E-state index contributed by atoms with van der Waals surface area (Å²) in [5.41, 5.74) is 2.72. The molecular formula is C20H19N5O2S2. The van der Waals surface area contributed by atoms with Gasteiger partial charge in [0.2, 0.25) is 11.8 Å². The lowest BCUT2D eigenvalue weighted by Crippen LogP contribution is -2.13. The van der Waals surface area contributed by atoms with Gasteiger partial charge in [-0.1, -0.05) is 23.9 Å². The minimum absolute atomic E-state index is 0.117. The molecule has 29 heavy (non-hydrogen) atoms. The van der Waals surface area contributed by atoms with Crippen LogP contribution in [0.1, 0.15) is 11.7 Å². The number of fused-ring (bicyclic) bond motifs is 1. The Morgan fingerprint density at radius 2 is 1.93 bits per heavy atom. The first-order valence-corrected chi connectivity index (χ1v) is 11.2. The van der Waals surface area contributed by atoms with Gasteiger partial charge in [0.25, 0.3) is 5.22 Å². The van der Waals surface area contributed by atoms with Gasteiger partial charge in [-0.15, -0.1) is 22.0 Å². The Morgan fingerprint density at radius 3 is 2.72 bits per heavy atom. The number of thioether (sulfide) groups is 2. The Balaban J connectivity index is 1.25. The second-order valence-corrected chi connectivity index (χ2v) is 8.03. The molecule has 4 aromatic rings. The first-order chi connectivity index (χ1) is 14.2. The van der Waals surface area contributed by atoms with E-state index in [9.17, 15) is 4.79 Å². The number of aryl methyl sites for hydroxylation is 2. The molecular weight excluding hydrogens is 406 g/mol. The smallest absolute Gasteiger partial charge is 0.277 e. The van der Waals surface area contributed by atoms with Gasteiger partial charge < -0.3 is 14.7 Å². The molecule has 2 N–H and O–H groups in total. The normalized spacial score (nSPS) is 11.1. The summed E-state index contributed by atoms with van der Waals surface area (Å²) >= 11 is 2.88. The van der Waals surface area contributed by atoms with E-state index in [-0.39, 0.29) is 11.7 Å². The third-order valence-corrected chi connectivity index (χ3v) is 5.72. The van der Waals surface area contributed by atoms with Crippen LogP contribution in [0.2, 0.25) is 0 Å². The lowest BCUT2D eigenvalue weighted by molar-refractivity contribution is -0.113. The Bertz CT molecular complexity index is 1070. The van der Waals surface area contributed by atoms with Crippen LogP contribution in [-0.2, 0) is 17.6 Å². The first-order valence-electron chi connectivity index (χ1n) is 9.02. The van der Waals surface area contributed by atoms with Gasteiger partial charge in [0.05, 0.1) is 16.8 Å². The molecule has 2 heterocycles. The molecule has 0 fully saturated rings. The van der Waals surface area contributed by atoms with Gasteiger partial charge in [0.15, 0.2) is 0 Å². The van der Waals surface area contributed by atoms with Crippen molar-refractivity contribution in [3.05, 3.63) is 60.2 Å². The number of rotatable bonds is 8. The van der Waals surface area contributed by atoms with Gasteiger partial charge in [-0.25, -0.2) is 4.98 Å². The summed E-state index contributed by atoms with van der Waals surface area (Å²) in [5, 5.41) is 11.3. The van der Waals surface area contributed by atoms with E-state index < -0.39 is 0 Å². The third kappa shape index (κ3) is 5.18. The van der Waals surface area contributed by atoms with Crippen LogP contribution in [-0.4, -0.2) is 38.1 Å². The minimum Gasteiger partial charge on any atom is -0.416 e. The number of imidazole rings is 1. The van der Waals surface area contributed by atoms with Crippen LogP contribution in [0, 0.1) is 0 Å². The number of H-pyrrole nitrogens is 1. The molecule has 2 aromatic heterocycles. The average molecular weight is 426 g/mol. The number of carbonyl (C=O) groups excluding carboxylic acids is 1. The molecule has 0 saturated carbocycles. The van der Waals surface area contributed by atoms with Crippen LogP contribution in [0.4, 0.5) is 5.69 Å². The van der Waals surface area contributed by atoms with E-state index in [0.29, 0.717) is 24.0 Å². The summed E-state index contributed by atoms with van der Waals surface area (Å²) in [5.74, 6) is 1.50. The maximum atomic E-state index is 12.1. The summed E-state index contributed by atoms with van der Waals surface area (Å²) < 4.78 is 5.63. The maximum Gasteiger partial charge on any atom is 0.277 e. The molecule has 0 aliphatic heterocycles. The van der Waals surface area contributed by atoms with Gasteiger partial charge in [0, 0.05) is 23.4 Å². The number of hydrogen-bond acceptors (Lipinski definition) is 7. The van der Waals surface area contributed by atoms with E-state index in [1.54, 1.807) is 11.8 Å². The van der Waals surface area contributed by atoms with E-state index in [1.807, 2.05) is 54.8 Å². The second-order valence-electron chi connectivity index (χ2n) is 6.23. The van der Waals surface area contributed by atoms with E-state index in [0.717, 1.165) is 27.4 Å². The molecule has 4 rings (SSSR count). The molecule has 7 nitrogen and oxygen atoms in total. The number of amides is 1. The molecule has 1 amide bonds. The highest BCUT2D eigenvalue weighted by molar-refractivity contribution is 7.99. The lowest BCUT2D eigenvalue weighted by Gasteiger charge is -2.04. The highest BCUT2D eigenvalue weighted by Gasteiger charge is 2.11. The van der Waals surface area contributed by atoms with Gasteiger partial charge in [-0.05, 0) is 42.7 Å². The maximum absolute atomic E-state index is 12.1. The van der Waals surface area contributed by atoms with Crippen molar-refractivity contribution in [1.82, 2.24) is 20.2 Å². The van der Waals surface area contributed by atoms with Gasteiger partial charge in [-0.3, -0.25) is 4.79 Å². The predicted octanol–water partition coefficient (Wildman–Crippen LogP) is 4.18. The van der Waals surface area contributed by atoms with Crippen LogP contribution in [0.3, 0.4) is 0 Å². The number of carbonyl (C=O) groups is 1. The average Bonchev–Trinajstić information content (AvgIpc) is 3.37. The second kappa shape index (κ2) is 9.15. The Hall–Kier alpha value is -2.78. The third-order valence-electron chi connectivity index (χ3n) is 4.16. The highest BCUT2D eigenvalue weighted by atomic mass is 32.2. The highest BCUT2D eigenvalue weighted by Crippen LogP contribution is 2.20. The van der Waals surface area contributed by atoms with Gasteiger partial charge in [-0.2, -0.15) is 0 Å². The quantitative estimate of drug-likeness (QED) is 0.409. The number of nitrogens with one attached hydrogen (secondary N) is 2. The van der Waals surface area contributed by atoms with Crippen molar-refractivity contribution in [2.75, 3.05) is 17.3 Å². The zero-order valence-corrected chi connectivity index (χ0v) is 17.3. The zero-order chi connectivity index (χ0) is 20.1. The van der Waals surface area contributed by atoms with Crippen molar-refractivity contribution < 1.29 is 9.21 Å². The molecule has 0 radical (unpaired) electrons. The van der Waals surface area contributed by atoms with Crippen molar-refractivity contribution in [2.24, 2.45) is 0 Å². The van der Waals surface area contributed by atoms with Crippen molar-refractivity contribution in [2.45, 2.75) is 23.0 Å². The topological polar surface area (TPSA) is 96.7 Å². The van der Waals surface area contributed by atoms with E-state index in [1.165, 1.54) is 11.8 Å². The Labute approximate surface area is 176 Å². The molecule has 9 heteroatoms. The standard InChI is InChI=1S/C20H19N5O2S2/c1-28-14-8-6-13(7-9-14)21-18(26)12-29-20-25-24-19(27-20)11-10-17-22-15-4-2-3-5-16(15)23-17/h2-9H,10-12H2,1H3,(H,21,26)(H,22,23). The van der Waals surface area contributed by atoms with Gasteiger partial charge >= 0.3 is 0 Å². The monoisotopic (exact) mass is 425 g/mol. The number of nitrogens with zero attached hydrogens (tertiary/aromatic N) is 3. The zero-order valence-electron chi connectivity index (χ0n) is 15.7. The fourth-order valence-corrected chi connectivity index (χ4v) is 3.73. The van der Waals surface area contributed by atoms with Crippen LogP contribution < -0.4 is 5.32 Å². The molecule has 0 atom stereocenters. The summed E-state index contributed by atoms with van der Waals surface area (Å²) in [6.07, 6.45) is 3.27. The Kier molecular flexibility index (Phi) is 6.16. The number of aromatic amines is 1. The summed E-state index contributed by atoms with van der Waals surface area (Å²) in [6.45, 7) is 0. The number of aromatic nitrogens is 4. The van der Waals surface area contributed by atoms with Crippen LogP contribution in [0.25, 0.3) is 11.0 Å². The van der Waals surface area contributed by atoms with E-state index in [4.69, 9.17) is 4.42 Å². The Morgan fingerprint density at radius 1 is 1.10 bits per heavy atom. The largest absolute Gasteiger partial charge is 0.416 e. The van der Waals surface area contributed by atoms with E-state index >= 15 is 0 Å². The van der Waals surface area contributed by atoms with Crippen molar-refractivity contribution >= 4 is 46.2 Å². The fraction of sp³-hybridized carbons (Fsp3) is 0.200. The van der Waals surface area contributed by atoms with Crippen molar-refractivity contribution in [1.29, 1.82) is 0 Å². The van der Waals surface area contributed by atoms with Crippen LogP contribution in [0.15, 0.2) is 63.1 Å². The van der Waals surface area contributed by atoms with Crippen LogP contribution >= 0.6 is 23.5 Å². The molecule has 0 unspecified atom stereocenters. The number of anilines is 1. The number of para-hydroxylation sites is 2. The predicted molar refractivity (Wildman–Crippen MR) is 115 cm³/mol. The summed E-state index contributed by atoms with van der Waals surface area (Å²) in [7, 11) is 0. The van der Waals surface area contributed by atoms with Crippen molar-refractivity contribution in [3.8, 4) is 0 Å². The lowest BCUT2D eigenvalue weighted by atomic mass is 10.3. The molecule has 0 saturated heterocycles. The van der Waals surface area contributed by atoms with Gasteiger partial charge in [0.1, 0.15) is 5.82 Å². The molecule has 0 bridgehead atoms. The molecule has 2 aromatic carbocycles. The van der Waals surface area contributed by atoms with E-state index in [2.05, 4.69) is 25.5 Å². The molecule has 0 aliphatic carbocycles. The summed E-state index contributed by atoms with van der Waals surface area (Å²) in [6, 6.07) is 15.6. The number of benzene rings is 2. The summed E-state index contributed by atoms with van der Waals surface area (Å²) in [4.78, 5) is 21.1. The fourth-order valence-electron chi connectivity index (χ4n) is 2.75. The first kappa shape index (κ1) is 19.5. The molecule has 148 valence electrons. The van der Waals surface area contributed by atoms with Crippen LogP contribution in [0.5, 0.6) is 0 Å².